The number of rotatable bonds is 7. The molecular formula is C21H26N2O5S. The van der Waals surface area contributed by atoms with Crippen molar-refractivity contribution in [1.29, 1.82) is 0 Å². The molecule has 0 aliphatic carbocycles. The van der Waals surface area contributed by atoms with Gasteiger partial charge in [-0.2, -0.15) is 0 Å². The van der Waals surface area contributed by atoms with Crippen LogP contribution in [0, 0.1) is 6.92 Å². The molecule has 1 fully saturated rings. The van der Waals surface area contributed by atoms with E-state index in [1.54, 1.807) is 17.9 Å². The van der Waals surface area contributed by atoms with Crippen molar-refractivity contribution in [3.63, 3.8) is 0 Å². The van der Waals surface area contributed by atoms with E-state index in [1.165, 1.54) is 12.1 Å². The second kappa shape index (κ2) is 9.39. The van der Waals surface area contributed by atoms with Crippen molar-refractivity contribution in [2.45, 2.75) is 24.8 Å². The van der Waals surface area contributed by atoms with Gasteiger partial charge in [-0.15, -0.1) is 0 Å². The lowest BCUT2D eigenvalue weighted by atomic mass is 10.1. The number of nitrogens with zero attached hydrogens (tertiary/aromatic N) is 1. The minimum Gasteiger partial charge on any atom is -0.494 e. The SMILES string of the molecule is CCOc1ccc(S(=O)(=O)NCC(=O)N2CCO[C@H](c3ccccc3)C2)cc1C. The molecule has 29 heavy (non-hydrogen) atoms. The minimum absolute atomic E-state index is 0.107. The van der Waals surface area contributed by atoms with Gasteiger partial charge >= 0.3 is 0 Å². The van der Waals surface area contributed by atoms with Gasteiger partial charge in [0.05, 0.1) is 31.2 Å². The number of sulfonamides is 1. The van der Waals surface area contributed by atoms with Gasteiger partial charge in [-0.25, -0.2) is 13.1 Å². The largest absolute Gasteiger partial charge is 0.494 e. The molecular weight excluding hydrogens is 392 g/mol. The Hall–Kier alpha value is -2.42. The maximum absolute atomic E-state index is 12.6. The molecule has 1 saturated heterocycles. The summed E-state index contributed by atoms with van der Waals surface area (Å²) in [6.45, 7) is 5.10. The summed E-state index contributed by atoms with van der Waals surface area (Å²) in [6, 6.07) is 14.3. The number of aryl methyl sites for hydroxylation is 1. The Morgan fingerprint density at radius 1 is 1.24 bits per heavy atom. The summed E-state index contributed by atoms with van der Waals surface area (Å²) in [4.78, 5) is 14.3. The van der Waals surface area contributed by atoms with E-state index >= 15 is 0 Å². The van der Waals surface area contributed by atoms with Crippen molar-refractivity contribution < 1.29 is 22.7 Å². The van der Waals surface area contributed by atoms with Gasteiger partial charge in [-0.05, 0) is 43.2 Å². The van der Waals surface area contributed by atoms with E-state index in [2.05, 4.69) is 4.72 Å². The smallest absolute Gasteiger partial charge is 0.241 e. The highest BCUT2D eigenvalue weighted by molar-refractivity contribution is 7.89. The quantitative estimate of drug-likeness (QED) is 0.746. The van der Waals surface area contributed by atoms with Gasteiger partial charge in [-0.3, -0.25) is 4.79 Å². The molecule has 0 spiro atoms. The fourth-order valence-electron chi connectivity index (χ4n) is 3.20. The van der Waals surface area contributed by atoms with Crippen molar-refractivity contribution in [3.8, 4) is 5.75 Å². The average Bonchev–Trinajstić information content (AvgIpc) is 2.74. The number of ether oxygens (including phenoxy) is 2. The third-order valence-electron chi connectivity index (χ3n) is 4.76. The molecule has 1 heterocycles. The average molecular weight is 419 g/mol. The van der Waals surface area contributed by atoms with Crippen LogP contribution in [0.5, 0.6) is 5.75 Å². The Morgan fingerprint density at radius 2 is 2.00 bits per heavy atom. The highest BCUT2D eigenvalue weighted by Gasteiger charge is 2.26. The molecule has 8 heteroatoms. The molecule has 2 aromatic carbocycles. The topological polar surface area (TPSA) is 84.9 Å². The second-order valence-corrected chi connectivity index (χ2v) is 8.56. The zero-order valence-corrected chi connectivity index (χ0v) is 17.4. The Bertz CT molecular complexity index is 947. The van der Waals surface area contributed by atoms with Crippen LogP contribution in [0.15, 0.2) is 53.4 Å². The summed E-state index contributed by atoms with van der Waals surface area (Å²) in [7, 11) is -3.80. The van der Waals surface area contributed by atoms with Gasteiger partial charge < -0.3 is 14.4 Å². The number of carbonyl (C=O) groups excluding carboxylic acids is 1. The first kappa shape index (κ1) is 21.3. The molecule has 0 saturated carbocycles. The van der Waals surface area contributed by atoms with Crippen LogP contribution in [0.4, 0.5) is 0 Å². The first-order valence-corrected chi connectivity index (χ1v) is 11.1. The van der Waals surface area contributed by atoms with E-state index in [1.807, 2.05) is 37.3 Å². The number of hydrogen-bond donors (Lipinski definition) is 1. The lowest BCUT2D eigenvalue weighted by molar-refractivity contribution is -0.137. The number of nitrogens with one attached hydrogen (secondary N) is 1. The molecule has 0 aromatic heterocycles. The van der Waals surface area contributed by atoms with Gasteiger partial charge in [0.25, 0.3) is 0 Å². The van der Waals surface area contributed by atoms with E-state index < -0.39 is 10.0 Å². The Labute approximate surface area is 171 Å². The van der Waals surface area contributed by atoms with Crippen molar-refractivity contribution in [2.24, 2.45) is 0 Å². The van der Waals surface area contributed by atoms with Crippen molar-refractivity contribution in [3.05, 3.63) is 59.7 Å². The maximum Gasteiger partial charge on any atom is 0.241 e. The standard InChI is InChI=1S/C21H26N2O5S/c1-3-27-19-10-9-18(13-16(19)2)29(25,26)22-14-21(24)23-11-12-28-20(15-23)17-7-5-4-6-8-17/h4-10,13,20,22H,3,11-12,14-15H2,1-2H3/t20-/m0/s1. The summed E-state index contributed by atoms with van der Waals surface area (Å²) in [5.74, 6) is 0.364. The summed E-state index contributed by atoms with van der Waals surface area (Å²) >= 11 is 0. The van der Waals surface area contributed by atoms with Crippen molar-refractivity contribution in [2.75, 3.05) is 32.8 Å². The lowest BCUT2D eigenvalue weighted by Crippen LogP contribution is -2.46. The van der Waals surface area contributed by atoms with E-state index in [0.717, 1.165) is 11.1 Å². The van der Waals surface area contributed by atoms with Crippen LogP contribution < -0.4 is 9.46 Å². The Morgan fingerprint density at radius 3 is 2.69 bits per heavy atom. The highest BCUT2D eigenvalue weighted by Crippen LogP contribution is 2.23. The van der Waals surface area contributed by atoms with Crippen LogP contribution in [-0.4, -0.2) is 52.1 Å². The first-order valence-electron chi connectivity index (χ1n) is 9.58. The second-order valence-electron chi connectivity index (χ2n) is 6.79. The first-order chi connectivity index (χ1) is 13.9. The summed E-state index contributed by atoms with van der Waals surface area (Å²) < 4.78 is 38.8. The van der Waals surface area contributed by atoms with Gasteiger partial charge in [0.15, 0.2) is 0 Å². The van der Waals surface area contributed by atoms with E-state index in [4.69, 9.17) is 9.47 Å². The fraction of sp³-hybridized carbons (Fsp3) is 0.381. The van der Waals surface area contributed by atoms with Gasteiger partial charge in [0.1, 0.15) is 11.9 Å². The number of hydrogen-bond acceptors (Lipinski definition) is 5. The predicted molar refractivity (Wildman–Crippen MR) is 109 cm³/mol. The van der Waals surface area contributed by atoms with Crippen LogP contribution in [0.3, 0.4) is 0 Å². The maximum atomic E-state index is 12.6. The monoisotopic (exact) mass is 418 g/mol. The molecule has 0 radical (unpaired) electrons. The third-order valence-corrected chi connectivity index (χ3v) is 6.16. The van der Waals surface area contributed by atoms with E-state index in [-0.39, 0.29) is 23.5 Å². The summed E-state index contributed by atoms with van der Waals surface area (Å²) in [6.07, 6.45) is -0.209. The number of carbonyl (C=O) groups is 1. The summed E-state index contributed by atoms with van der Waals surface area (Å²) in [5, 5.41) is 0. The molecule has 3 rings (SSSR count). The predicted octanol–water partition coefficient (Wildman–Crippen LogP) is 2.27. The van der Waals surface area contributed by atoms with Crippen molar-refractivity contribution >= 4 is 15.9 Å². The van der Waals surface area contributed by atoms with Crippen LogP contribution in [-0.2, 0) is 19.6 Å². The molecule has 1 amide bonds. The zero-order chi connectivity index (χ0) is 20.9. The van der Waals surface area contributed by atoms with Crippen LogP contribution in [0.25, 0.3) is 0 Å². The van der Waals surface area contributed by atoms with Gasteiger partial charge in [0.2, 0.25) is 15.9 Å². The van der Waals surface area contributed by atoms with Crippen LogP contribution in [0.1, 0.15) is 24.2 Å². The normalized spacial score (nSPS) is 17.2. The third kappa shape index (κ3) is 5.35. The van der Waals surface area contributed by atoms with Gasteiger partial charge in [-0.1, -0.05) is 30.3 Å². The molecule has 156 valence electrons. The number of benzene rings is 2. The molecule has 1 atom stereocenters. The molecule has 0 unspecified atom stereocenters. The highest BCUT2D eigenvalue weighted by atomic mass is 32.2. The van der Waals surface area contributed by atoms with Crippen molar-refractivity contribution in [1.82, 2.24) is 9.62 Å². The fourth-order valence-corrected chi connectivity index (χ4v) is 4.26. The molecule has 7 nitrogen and oxygen atoms in total. The lowest BCUT2D eigenvalue weighted by Gasteiger charge is -2.33. The van der Waals surface area contributed by atoms with Crippen LogP contribution in [0.2, 0.25) is 0 Å². The molecule has 1 N–H and O–H groups in total. The van der Waals surface area contributed by atoms with Crippen LogP contribution >= 0.6 is 0 Å². The summed E-state index contributed by atoms with van der Waals surface area (Å²) in [5.41, 5.74) is 1.72. The molecule has 1 aliphatic rings. The van der Waals surface area contributed by atoms with E-state index in [9.17, 15) is 13.2 Å². The van der Waals surface area contributed by atoms with Gasteiger partial charge in [0, 0.05) is 6.54 Å². The number of amides is 1. The zero-order valence-electron chi connectivity index (χ0n) is 16.6. The minimum atomic E-state index is -3.80. The Kier molecular flexibility index (Phi) is 6.89. The molecule has 0 bridgehead atoms. The van der Waals surface area contributed by atoms with E-state index in [0.29, 0.717) is 32.1 Å². The number of morpholine rings is 1. The Balaban J connectivity index is 1.61. The molecule has 1 aliphatic heterocycles. The molecule has 2 aromatic rings.